The first-order valence-corrected chi connectivity index (χ1v) is 13.8. The fraction of sp³-hybridized carbons (Fsp3) is 0.724. The molecular weight excluding hydrogens is 454 g/mol. The van der Waals surface area contributed by atoms with Gasteiger partial charge in [-0.2, -0.15) is 0 Å². The molecule has 0 unspecified atom stereocenters. The highest BCUT2D eigenvalue weighted by Crippen LogP contribution is 2.33. The van der Waals surface area contributed by atoms with Crippen molar-refractivity contribution in [2.75, 3.05) is 54.5 Å². The number of carbonyl (C=O) groups is 2. The van der Waals surface area contributed by atoms with Crippen molar-refractivity contribution in [1.29, 1.82) is 0 Å². The number of amides is 2. The predicted molar refractivity (Wildman–Crippen MR) is 146 cm³/mol. The van der Waals surface area contributed by atoms with Gasteiger partial charge in [0.2, 0.25) is 11.8 Å². The lowest BCUT2D eigenvalue weighted by molar-refractivity contribution is -0.141. The summed E-state index contributed by atoms with van der Waals surface area (Å²) < 4.78 is 10.9. The van der Waals surface area contributed by atoms with E-state index in [1.54, 1.807) is 19.1 Å². The first kappa shape index (κ1) is 29.9. The van der Waals surface area contributed by atoms with Crippen LogP contribution in [0.2, 0.25) is 0 Å². The lowest BCUT2D eigenvalue weighted by Gasteiger charge is -2.32. The summed E-state index contributed by atoms with van der Waals surface area (Å²) in [5.41, 5.74) is 2.26. The molecule has 204 valence electrons. The molecule has 0 bridgehead atoms. The van der Waals surface area contributed by atoms with E-state index in [0.29, 0.717) is 37.6 Å². The second-order valence-corrected chi connectivity index (χ2v) is 10.2. The molecule has 1 aliphatic rings. The molecule has 7 nitrogen and oxygen atoms in total. The van der Waals surface area contributed by atoms with Crippen LogP contribution in [0.3, 0.4) is 0 Å². The van der Waals surface area contributed by atoms with Crippen molar-refractivity contribution < 1.29 is 19.1 Å². The van der Waals surface area contributed by atoms with E-state index in [0.717, 1.165) is 31.4 Å². The molecule has 0 saturated carbocycles. The third-order valence-electron chi connectivity index (χ3n) is 7.06. The zero-order chi connectivity index (χ0) is 26.3. The van der Waals surface area contributed by atoms with E-state index < -0.39 is 0 Å². The summed E-state index contributed by atoms with van der Waals surface area (Å²) >= 11 is 0. The third kappa shape index (κ3) is 10.00. The fourth-order valence-electron chi connectivity index (χ4n) is 4.72. The van der Waals surface area contributed by atoms with Gasteiger partial charge in [-0.25, -0.2) is 0 Å². The van der Waals surface area contributed by atoms with Crippen LogP contribution in [0.5, 0.6) is 11.5 Å². The Morgan fingerprint density at radius 3 is 2.03 bits per heavy atom. The SMILES string of the molecule is CCCCCCCCCCCC(=O)N(CCN(C)C)CC(=O)N1CCc2cc(OC)c(OC)cc2C1. The number of hydrogen-bond acceptors (Lipinski definition) is 5. The van der Waals surface area contributed by atoms with Crippen molar-refractivity contribution in [2.45, 2.75) is 84.1 Å². The molecule has 0 saturated heterocycles. The maximum Gasteiger partial charge on any atom is 0.242 e. The molecule has 1 aromatic carbocycles. The maximum atomic E-state index is 13.2. The van der Waals surface area contributed by atoms with E-state index in [9.17, 15) is 9.59 Å². The second kappa shape index (κ2) is 16.5. The van der Waals surface area contributed by atoms with Crippen molar-refractivity contribution in [2.24, 2.45) is 0 Å². The van der Waals surface area contributed by atoms with Crippen molar-refractivity contribution in [3.05, 3.63) is 23.3 Å². The minimum atomic E-state index is 0.00891. The van der Waals surface area contributed by atoms with Crippen LogP contribution in [0.15, 0.2) is 12.1 Å². The molecule has 0 spiro atoms. The van der Waals surface area contributed by atoms with Crippen LogP contribution in [-0.4, -0.2) is 81.0 Å². The van der Waals surface area contributed by atoms with Crippen molar-refractivity contribution >= 4 is 11.8 Å². The van der Waals surface area contributed by atoms with Crippen molar-refractivity contribution in [1.82, 2.24) is 14.7 Å². The number of ether oxygens (including phenoxy) is 2. The van der Waals surface area contributed by atoms with Crippen LogP contribution in [0.25, 0.3) is 0 Å². The predicted octanol–water partition coefficient (Wildman–Crippen LogP) is 4.90. The highest BCUT2D eigenvalue weighted by Gasteiger charge is 2.25. The monoisotopic (exact) mass is 503 g/mol. The number of fused-ring (bicyclic) bond motifs is 1. The van der Waals surface area contributed by atoms with Gasteiger partial charge in [0.1, 0.15) is 0 Å². The Balaban J connectivity index is 1.86. The normalized spacial score (nSPS) is 13.0. The van der Waals surface area contributed by atoms with E-state index in [2.05, 4.69) is 11.8 Å². The zero-order valence-electron chi connectivity index (χ0n) is 23.4. The molecule has 36 heavy (non-hydrogen) atoms. The number of hydrogen-bond donors (Lipinski definition) is 0. The Bertz CT molecular complexity index is 812. The highest BCUT2D eigenvalue weighted by atomic mass is 16.5. The lowest BCUT2D eigenvalue weighted by atomic mass is 9.98. The number of likely N-dealkylation sites (N-methyl/N-ethyl adjacent to an activating group) is 1. The summed E-state index contributed by atoms with van der Waals surface area (Å²) in [4.78, 5) is 32.0. The van der Waals surface area contributed by atoms with E-state index >= 15 is 0 Å². The first-order chi connectivity index (χ1) is 17.4. The lowest BCUT2D eigenvalue weighted by Crippen LogP contribution is -2.46. The van der Waals surface area contributed by atoms with Gasteiger partial charge in [0.15, 0.2) is 11.5 Å². The Hall–Kier alpha value is -2.28. The minimum Gasteiger partial charge on any atom is -0.493 e. The Kier molecular flexibility index (Phi) is 13.7. The smallest absolute Gasteiger partial charge is 0.242 e. The van der Waals surface area contributed by atoms with Crippen LogP contribution in [-0.2, 0) is 22.6 Å². The summed E-state index contributed by atoms with van der Waals surface area (Å²) in [6.45, 7) is 4.89. The van der Waals surface area contributed by atoms with Crippen molar-refractivity contribution in [3.8, 4) is 11.5 Å². The highest BCUT2D eigenvalue weighted by molar-refractivity contribution is 5.85. The molecule has 1 aliphatic heterocycles. The Morgan fingerprint density at radius 1 is 0.861 bits per heavy atom. The number of rotatable bonds is 17. The van der Waals surface area contributed by atoms with E-state index in [4.69, 9.17) is 9.47 Å². The number of nitrogens with zero attached hydrogens (tertiary/aromatic N) is 3. The molecule has 1 aromatic rings. The fourth-order valence-corrected chi connectivity index (χ4v) is 4.72. The molecule has 0 N–H and O–H groups in total. The summed E-state index contributed by atoms with van der Waals surface area (Å²) in [6.07, 6.45) is 12.3. The number of carbonyl (C=O) groups excluding carboxylic acids is 2. The number of unbranched alkanes of at least 4 members (excludes halogenated alkanes) is 8. The average molecular weight is 504 g/mol. The van der Waals surface area contributed by atoms with E-state index in [1.807, 2.05) is 31.1 Å². The van der Waals surface area contributed by atoms with Crippen molar-refractivity contribution in [3.63, 3.8) is 0 Å². The quantitative estimate of drug-likeness (QED) is 0.283. The Morgan fingerprint density at radius 2 is 1.44 bits per heavy atom. The van der Waals surface area contributed by atoms with Gasteiger partial charge in [0.05, 0.1) is 20.8 Å². The molecule has 2 rings (SSSR count). The standard InChI is InChI=1S/C29H49N3O4/c1-6-7-8-9-10-11-12-13-14-15-28(33)32(19-18-30(2)3)23-29(34)31-17-16-24-20-26(35-4)27(36-5)21-25(24)22-31/h20-21H,6-19,22-23H2,1-5H3. The van der Waals surface area contributed by atoms with Crippen LogP contribution in [0.4, 0.5) is 0 Å². The summed E-state index contributed by atoms with van der Waals surface area (Å²) in [5, 5.41) is 0. The zero-order valence-corrected chi connectivity index (χ0v) is 23.4. The van der Waals surface area contributed by atoms with Crippen LogP contribution in [0, 0.1) is 0 Å². The van der Waals surface area contributed by atoms with Gasteiger partial charge in [-0.15, -0.1) is 0 Å². The molecule has 0 fully saturated rings. The maximum absolute atomic E-state index is 13.2. The first-order valence-electron chi connectivity index (χ1n) is 13.8. The topological polar surface area (TPSA) is 62.3 Å². The van der Waals surface area contributed by atoms with E-state index in [-0.39, 0.29) is 18.4 Å². The number of methoxy groups -OCH3 is 2. The van der Waals surface area contributed by atoms with Gasteiger partial charge in [-0.1, -0.05) is 58.3 Å². The van der Waals surface area contributed by atoms with Gasteiger partial charge in [-0.3, -0.25) is 9.59 Å². The molecule has 1 heterocycles. The molecular formula is C29H49N3O4. The molecule has 2 amide bonds. The van der Waals surface area contributed by atoms with E-state index in [1.165, 1.54) is 50.5 Å². The average Bonchev–Trinajstić information content (AvgIpc) is 2.88. The largest absolute Gasteiger partial charge is 0.493 e. The molecule has 0 aliphatic carbocycles. The number of benzene rings is 1. The van der Waals surface area contributed by atoms with Crippen LogP contribution < -0.4 is 9.47 Å². The summed E-state index contributed by atoms with van der Waals surface area (Å²) in [6, 6.07) is 3.97. The summed E-state index contributed by atoms with van der Waals surface area (Å²) in [5.74, 6) is 1.49. The minimum absolute atomic E-state index is 0.00891. The van der Waals surface area contributed by atoms with Gasteiger partial charge >= 0.3 is 0 Å². The molecule has 0 atom stereocenters. The van der Waals surface area contributed by atoms with Crippen LogP contribution in [0.1, 0.15) is 82.3 Å². The molecule has 7 heteroatoms. The summed E-state index contributed by atoms with van der Waals surface area (Å²) in [7, 11) is 7.25. The van der Waals surface area contributed by atoms with Gasteiger partial charge in [0, 0.05) is 32.6 Å². The Labute approximate surface area is 219 Å². The van der Waals surface area contributed by atoms with Gasteiger partial charge in [-0.05, 0) is 50.2 Å². The second-order valence-electron chi connectivity index (χ2n) is 10.2. The van der Waals surface area contributed by atoms with Gasteiger partial charge < -0.3 is 24.2 Å². The van der Waals surface area contributed by atoms with Gasteiger partial charge in [0.25, 0.3) is 0 Å². The molecule has 0 radical (unpaired) electrons. The van der Waals surface area contributed by atoms with Crippen LogP contribution >= 0.6 is 0 Å². The third-order valence-corrected chi connectivity index (χ3v) is 7.06. The molecule has 0 aromatic heterocycles.